The van der Waals surface area contributed by atoms with Crippen LogP contribution in [0, 0.1) is 0 Å². The van der Waals surface area contributed by atoms with Crippen molar-refractivity contribution >= 4 is 40.0 Å². The van der Waals surface area contributed by atoms with Gasteiger partial charge in [-0.25, -0.2) is 4.98 Å². The van der Waals surface area contributed by atoms with Crippen LogP contribution in [0.2, 0.25) is 5.02 Å². The van der Waals surface area contributed by atoms with Crippen molar-refractivity contribution in [2.75, 3.05) is 5.75 Å². The maximum absolute atomic E-state index is 12.1. The molecular weight excluding hydrogens is 304 g/mol. The standard InChI is InChI=1S/C16H11ClN2OS/c17-13-9-18-8-7-12(13)15(20)10-21-16-6-5-11-3-1-2-4-14(11)19-16/h1-9H,10H2. The van der Waals surface area contributed by atoms with Gasteiger partial charge in [0.1, 0.15) is 0 Å². The van der Waals surface area contributed by atoms with Crippen LogP contribution in [-0.2, 0) is 0 Å². The zero-order valence-corrected chi connectivity index (χ0v) is 12.6. The Balaban J connectivity index is 1.74. The molecule has 0 fully saturated rings. The van der Waals surface area contributed by atoms with Crippen molar-refractivity contribution in [2.45, 2.75) is 5.03 Å². The van der Waals surface area contributed by atoms with Gasteiger partial charge < -0.3 is 0 Å². The quantitative estimate of drug-likeness (QED) is 0.533. The first-order valence-corrected chi connectivity index (χ1v) is 7.72. The van der Waals surface area contributed by atoms with Gasteiger partial charge in [0.15, 0.2) is 5.78 Å². The predicted molar refractivity (Wildman–Crippen MR) is 86.0 cm³/mol. The van der Waals surface area contributed by atoms with Crippen molar-refractivity contribution in [3.8, 4) is 0 Å². The van der Waals surface area contributed by atoms with Gasteiger partial charge in [0.25, 0.3) is 0 Å². The molecule has 3 aromatic rings. The molecule has 0 saturated heterocycles. The van der Waals surface area contributed by atoms with Gasteiger partial charge in [-0.15, -0.1) is 0 Å². The van der Waals surface area contributed by atoms with Crippen molar-refractivity contribution in [1.29, 1.82) is 0 Å². The first kappa shape index (κ1) is 14.0. The van der Waals surface area contributed by atoms with Gasteiger partial charge in [0.2, 0.25) is 0 Å². The van der Waals surface area contributed by atoms with Crippen molar-refractivity contribution < 1.29 is 4.79 Å². The second kappa shape index (κ2) is 6.24. The molecule has 3 rings (SSSR count). The number of carbonyl (C=O) groups excluding carboxylic acids is 1. The molecule has 21 heavy (non-hydrogen) atoms. The summed E-state index contributed by atoms with van der Waals surface area (Å²) in [5, 5.41) is 2.30. The summed E-state index contributed by atoms with van der Waals surface area (Å²) in [5.74, 6) is 0.275. The fourth-order valence-electron chi connectivity index (χ4n) is 1.95. The zero-order chi connectivity index (χ0) is 14.7. The fourth-order valence-corrected chi connectivity index (χ4v) is 2.93. The van der Waals surface area contributed by atoms with Crippen LogP contribution in [0.3, 0.4) is 0 Å². The summed E-state index contributed by atoms with van der Waals surface area (Å²) >= 11 is 7.38. The minimum Gasteiger partial charge on any atom is -0.293 e. The Kier molecular flexibility index (Phi) is 4.18. The summed E-state index contributed by atoms with van der Waals surface area (Å²) in [4.78, 5) is 20.5. The summed E-state index contributed by atoms with van der Waals surface area (Å²) in [6.07, 6.45) is 3.05. The van der Waals surface area contributed by atoms with Crippen molar-refractivity contribution in [3.05, 3.63) is 65.4 Å². The van der Waals surface area contributed by atoms with E-state index in [2.05, 4.69) is 9.97 Å². The predicted octanol–water partition coefficient (Wildman–Crippen LogP) is 4.26. The molecule has 5 heteroatoms. The fraction of sp³-hybridized carbons (Fsp3) is 0.0625. The Hall–Kier alpha value is -1.91. The molecule has 1 aromatic carbocycles. The van der Waals surface area contributed by atoms with E-state index in [1.807, 2.05) is 36.4 Å². The minimum atomic E-state index is -0.0256. The number of thioether (sulfide) groups is 1. The molecule has 0 amide bonds. The topological polar surface area (TPSA) is 42.9 Å². The molecule has 0 unspecified atom stereocenters. The summed E-state index contributed by atoms with van der Waals surface area (Å²) in [6, 6.07) is 13.5. The second-order valence-corrected chi connectivity index (χ2v) is 5.81. The average molecular weight is 315 g/mol. The molecule has 0 aliphatic carbocycles. The molecule has 0 aliphatic heterocycles. The van der Waals surface area contributed by atoms with Crippen LogP contribution in [0.4, 0.5) is 0 Å². The van der Waals surface area contributed by atoms with Gasteiger partial charge in [-0.05, 0) is 18.2 Å². The average Bonchev–Trinajstić information content (AvgIpc) is 2.53. The maximum atomic E-state index is 12.1. The molecule has 3 nitrogen and oxygen atoms in total. The van der Waals surface area contributed by atoms with Crippen molar-refractivity contribution in [3.63, 3.8) is 0 Å². The zero-order valence-electron chi connectivity index (χ0n) is 11.0. The van der Waals surface area contributed by atoms with Crippen LogP contribution in [0.15, 0.2) is 59.9 Å². The number of carbonyl (C=O) groups is 1. The SMILES string of the molecule is O=C(CSc1ccc2ccccc2n1)c1ccncc1Cl. The van der Waals surface area contributed by atoms with E-state index >= 15 is 0 Å². The van der Waals surface area contributed by atoms with Crippen LogP contribution in [0.5, 0.6) is 0 Å². The van der Waals surface area contributed by atoms with Gasteiger partial charge in [-0.2, -0.15) is 0 Å². The van der Waals surface area contributed by atoms with Crippen LogP contribution >= 0.6 is 23.4 Å². The molecule has 0 aliphatic rings. The monoisotopic (exact) mass is 314 g/mol. The number of nitrogens with zero attached hydrogens (tertiary/aromatic N) is 2. The number of rotatable bonds is 4. The summed E-state index contributed by atoms with van der Waals surface area (Å²) in [6.45, 7) is 0. The van der Waals surface area contributed by atoms with E-state index in [1.165, 1.54) is 18.0 Å². The first-order valence-electron chi connectivity index (χ1n) is 6.35. The van der Waals surface area contributed by atoms with Gasteiger partial charge in [0.05, 0.1) is 21.3 Å². The lowest BCUT2D eigenvalue weighted by Crippen LogP contribution is -2.03. The van der Waals surface area contributed by atoms with Crippen LogP contribution < -0.4 is 0 Å². The summed E-state index contributed by atoms with van der Waals surface area (Å²) in [5.41, 5.74) is 1.43. The van der Waals surface area contributed by atoms with Crippen molar-refractivity contribution in [2.24, 2.45) is 0 Å². The van der Waals surface area contributed by atoms with E-state index < -0.39 is 0 Å². The van der Waals surface area contributed by atoms with E-state index in [0.29, 0.717) is 16.3 Å². The summed E-state index contributed by atoms with van der Waals surface area (Å²) < 4.78 is 0. The molecule has 0 bridgehead atoms. The number of benzene rings is 1. The number of halogens is 1. The molecule has 2 aromatic heterocycles. The molecular formula is C16H11ClN2OS. The van der Waals surface area contributed by atoms with Gasteiger partial charge in [-0.1, -0.05) is 47.6 Å². The van der Waals surface area contributed by atoms with Gasteiger partial charge in [0, 0.05) is 23.3 Å². The highest BCUT2D eigenvalue weighted by molar-refractivity contribution is 7.99. The van der Waals surface area contributed by atoms with Crippen molar-refractivity contribution in [1.82, 2.24) is 9.97 Å². The molecule has 0 spiro atoms. The number of Topliss-reactive ketones (excluding diaryl/α,β-unsaturated/α-hetero) is 1. The lowest BCUT2D eigenvalue weighted by atomic mass is 10.2. The molecule has 0 saturated carbocycles. The normalized spacial score (nSPS) is 10.7. The number of aromatic nitrogens is 2. The third-order valence-electron chi connectivity index (χ3n) is 3.00. The van der Waals surface area contributed by atoms with Crippen LogP contribution in [-0.4, -0.2) is 21.5 Å². The van der Waals surface area contributed by atoms with E-state index in [1.54, 1.807) is 12.3 Å². The number of para-hydroxylation sites is 1. The Morgan fingerprint density at radius 1 is 1.14 bits per heavy atom. The molecule has 0 atom stereocenters. The number of hydrogen-bond acceptors (Lipinski definition) is 4. The highest BCUT2D eigenvalue weighted by Crippen LogP contribution is 2.22. The maximum Gasteiger partial charge on any atom is 0.174 e. The van der Waals surface area contributed by atoms with Gasteiger partial charge >= 0.3 is 0 Å². The highest BCUT2D eigenvalue weighted by Gasteiger charge is 2.11. The Morgan fingerprint density at radius 2 is 2.00 bits per heavy atom. The van der Waals surface area contributed by atoms with Gasteiger partial charge in [-0.3, -0.25) is 9.78 Å². The highest BCUT2D eigenvalue weighted by atomic mass is 35.5. The molecule has 2 heterocycles. The van der Waals surface area contributed by atoms with E-state index in [-0.39, 0.29) is 5.78 Å². The Labute approximate surface area is 131 Å². The lowest BCUT2D eigenvalue weighted by molar-refractivity contribution is 0.102. The number of hydrogen-bond donors (Lipinski definition) is 0. The Morgan fingerprint density at radius 3 is 2.86 bits per heavy atom. The van der Waals surface area contributed by atoms with E-state index in [0.717, 1.165) is 15.9 Å². The molecule has 0 N–H and O–H groups in total. The third-order valence-corrected chi connectivity index (χ3v) is 4.23. The smallest absolute Gasteiger partial charge is 0.174 e. The lowest BCUT2D eigenvalue weighted by Gasteiger charge is -2.04. The summed E-state index contributed by atoms with van der Waals surface area (Å²) in [7, 11) is 0. The number of pyridine rings is 2. The first-order chi connectivity index (χ1) is 10.2. The van der Waals surface area contributed by atoms with Crippen LogP contribution in [0.25, 0.3) is 10.9 Å². The number of ketones is 1. The largest absolute Gasteiger partial charge is 0.293 e. The second-order valence-electron chi connectivity index (χ2n) is 4.41. The third kappa shape index (κ3) is 3.23. The van der Waals surface area contributed by atoms with E-state index in [4.69, 9.17) is 11.6 Å². The van der Waals surface area contributed by atoms with Crippen LogP contribution in [0.1, 0.15) is 10.4 Å². The molecule has 104 valence electrons. The Bertz CT molecular complexity index is 807. The number of fused-ring (bicyclic) bond motifs is 1. The minimum absolute atomic E-state index is 0.0256. The molecule has 0 radical (unpaired) electrons. The van der Waals surface area contributed by atoms with E-state index in [9.17, 15) is 4.79 Å².